The van der Waals surface area contributed by atoms with Gasteiger partial charge in [0.25, 0.3) is 5.56 Å². The van der Waals surface area contributed by atoms with Crippen molar-refractivity contribution in [1.82, 2.24) is 9.55 Å². The first-order chi connectivity index (χ1) is 7.96. The molecule has 0 radical (unpaired) electrons. The van der Waals surface area contributed by atoms with Gasteiger partial charge in [-0.2, -0.15) is 0 Å². The molecule has 0 bridgehead atoms. The highest BCUT2D eigenvalue weighted by Gasteiger charge is 2.16. The summed E-state index contributed by atoms with van der Waals surface area (Å²) in [4.78, 5) is 16.1. The third-order valence-electron chi connectivity index (χ3n) is 2.35. The lowest BCUT2D eigenvalue weighted by atomic mass is 10.1. The van der Waals surface area contributed by atoms with E-state index in [9.17, 15) is 4.79 Å². The van der Waals surface area contributed by atoms with Gasteiger partial charge in [0.2, 0.25) is 0 Å². The van der Waals surface area contributed by atoms with Gasteiger partial charge in [-0.15, -0.1) is 12.3 Å². The molecule has 0 saturated heterocycles. The van der Waals surface area contributed by atoms with Crippen LogP contribution < -0.4 is 10.9 Å². The molecule has 0 aromatic carbocycles. The van der Waals surface area contributed by atoms with Gasteiger partial charge in [0, 0.05) is 30.9 Å². The molecule has 4 nitrogen and oxygen atoms in total. The molecule has 1 aromatic rings. The van der Waals surface area contributed by atoms with Gasteiger partial charge < -0.3 is 9.88 Å². The average Bonchev–Trinajstić information content (AvgIpc) is 2.25. The fourth-order valence-electron chi connectivity index (χ4n) is 1.46. The minimum absolute atomic E-state index is 0.0966. The molecule has 0 saturated carbocycles. The molecule has 92 valence electrons. The van der Waals surface area contributed by atoms with Crippen molar-refractivity contribution < 1.29 is 0 Å². The molecular formula is C13H19N3O. The van der Waals surface area contributed by atoms with E-state index in [0.29, 0.717) is 18.8 Å². The summed E-state index contributed by atoms with van der Waals surface area (Å²) in [6, 6.07) is 0. The van der Waals surface area contributed by atoms with Crippen LogP contribution in [-0.4, -0.2) is 16.1 Å². The molecule has 1 N–H and O–H groups in total. The number of nitrogens with zero attached hydrogens (tertiary/aromatic N) is 2. The third-order valence-corrected chi connectivity index (χ3v) is 2.35. The van der Waals surface area contributed by atoms with Crippen molar-refractivity contribution in [2.45, 2.75) is 39.2 Å². The number of unbranched alkanes of at least 4 members (excludes halogenated alkanes) is 1. The summed E-state index contributed by atoms with van der Waals surface area (Å²) in [7, 11) is 0. The molecular weight excluding hydrogens is 214 g/mol. The highest BCUT2D eigenvalue weighted by atomic mass is 16.1. The maximum absolute atomic E-state index is 12.1. The minimum Gasteiger partial charge on any atom is -0.365 e. The Balaban J connectivity index is 2.82. The standard InChI is InChI=1S/C13H19N3O/c1-5-6-7-8-14-11-12(17)16(10-9-15-11)13(2,3)4/h1,9-10H,6-8H2,2-4H3,(H,14,15). The van der Waals surface area contributed by atoms with Crippen LogP contribution in [0.15, 0.2) is 17.2 Å². The lowest BCUT2D eigenvalue weighted by molar-refractivity contribution is 0.383. The van der Waals surface area contributed by atoms with Crippen LogP contribution >= 0.6 is 0 Å². The number of nitrogens with one attached hydrogen (secondary N) is 1. The fourth-order valence-corrected chi connectivity index (χ4v) is 1.46. The largest absolute Gasteiger partial charge is 0.365 e. The van der Waals surface area contributed by atoms with Gasteiger partial charge in [-0.3, -0.25) is 4.79 Å². The molecule has 17 heavy (non-hydrogen) atoms. The van der Waals surface area contributed by atoms with Gasteiger partial charge in [-0.1, -0.05) is 0 Å². The number of aromatic nitrogens is 2. The first-order valence-corrected chi connectivity index (χ1v) is 5.72. The van der Waals surface area contributed by atoms with E-state index in [1.54, 1.807) is 17.0 Å². The Labute approximate surface area is 102 Å². The number of rotatable bonds is 4. The summed E-state index contributed by atoms with van der Waals surface area (Å²) in [5, 5.41) is 3.02. The molecule has 0 spiro atoms. The summed E-state index contributed by atoms with van der Waals surface area (Å²) >= 11 is 0. The van der Waals surface area contributed by atoms with Crippen LogP contribution in [0.2, 0.25) is 0 Å². The summed E-state index contributed by atoms with van der Waals surface area (Å²) in [5.74, 6) is 2.95. The molecule has 0 atom stereocenters. The predicted molar refractivity (Wildman–Crippen MR) is 70.0 cm³/mol. The molecule has 0 fully saturated rings. The van der Waals surface area contributed by atoms with Crippen molar-refractivity contribution >= 4 is 5.82 Å². The maximum atomic E-state index is 12.1. The molecule has 1 heterocycles. The monoisotopic (exact) mass is 233 g/mol. The maximum Gasteiger partial charge on any atom is 0.293 e. The zero-order valence-corrected chi connectivity index (χ0v) is 10.7. The predicted octanol–water partition coefficient (Wildman–Crippen LogP) is 1.82. The van der Waals surface area contributed by atoms with Crippen molar-refractivity contribution in [1.29, 1.82) is 0 Å². The summed E-state index contributed by atoms with van der Waals surface area (Å²) in [6.07, 6.45) is 10.0. The van der Waals surface area contributed by atoms with Gasteiger partial charge >= 0.3 is 0 Å². The van der Waals surface area contributed by atoms with E-state index in [2.05, 4.69) is 16.2 Å². The quantitative estimate of drug-likeness (QED) is 0.637. The van der Waals surface area contributed by atoms with Gasteiger partial charge in [0.15, 0.2) is 5.82 Å². The van der Waals surface area contributed by atoms with E-state index < -0.39 is 0 Å². The highest BCUT2D eigenvalue weighted by Crippen LogP contribution is 2.10. The van der Waals surface area contributed by atoms with Gasteiger partial charge in [0.1, 0.15) is 0 Å². The van der Waals surface area contributed by atoms with Gasteiger partial charge in [-0.05, 0) is 27.2 Å². The van der Waals surface area contributed by atoms with Crippen LogP contribution in [0.1, 0.15) is 33.6 Å². The Bertz CT molecular complexity index is 463. The van der Waals surface area contributed by atoms with Crippen LogP contribution in [-0.2, 0) is 5.54 Å². The van der Waals surface area contributed by atoms with Gasteiger partial charge in [-0.25, -0.2) is 4.98 Å². The lowest BCUT2D eigenvalue weighted by Crippen LogP contribution is -2.35. The van der Waals surface area contributed by atoms with Crippen LogP contribution in [0.3, 0.4) is 0 Å². The van der Waals surface area contributed by atoms with E-state index in [1.165, 1.54) is 0 Å². The highest BCUT2D eigenvalue weighted by molar-refractivity contribution is 5.30. The number of terminal acetylenes is 1. The average molecular weight is 233 g/mol. The van der Waals surface area contributed by atoms with Crippen LogP contribution in [0, 0.1) is 12.3 Å². The first-order valence-electron chi connectivity index (χ1n) is 5.72. The molecule has 0 unspecified atom stereocenters. The van der Waals surface area contributed by atoms with Crippen LogP contribution in [0.25, 0.3) is 0 Å². The van der Waals surface area contributed by atoms with Crippen molar-refractivity contribution in [3.63, 3.8) is 0 Å². The van der Waals surface area contributed by atoms with E-state index in [0.717, 1.165) is 6.42 Å². The van der Waals surface area contributed by atoms with Gasteiger partial charge in [0.05, 0.1) is 0 Å². The smallest absolute Gasteiger partial charge is 0.293 e. The van der Waals surface area contributed by atoms with E-state index in [1.807, 2.05) is 20.8 Å². The van der Waals surface area contributed by atoms with Crippen molar-refractivity contribution in [3.8, 4) is 12.3 Å². The second-order valence-electron chi connectivity index (χ2n) is 4.86. The molecule has 1 rings (SSSR count). The lowest BCUT2D eigenvalue weighted by Gasteiger charge is -2.22. The van der Waals surface area contributed by atoms with E-state index in [-0.39, 0.29) is 11.1 Å². The fraction of sp³-hybridized carbons (Fsp3) is 0.538. The number of hydrogen-bond acceptors (Lipinski definition) is 3. The minimum atomic E-state index is -0.241. The zero-order valence-electron chi connectivity index (χ0n) is 10.7. The second-order valence-corrected chi connectivity index (χ2v) is 4.86. The molecule has 4 heteroatoms. The Kier molecular flexibility index (Phi) is 4.33. The Morgan fingerprint density at radius 2 is 2.24 bits per heavy atom. The van der Waals surface area contributed by atoms with Crippen LogP contribution in [0.4, 0.5) is 5.82 Å². The molecule has 1 aromatic heterocycles. The summed E-state index contributed by atoms with van der Waals surface area (Å²) < 4.78 is 1.67. The SMILES string of the molecule is C#CCCCNc1nccn(C(C)(C)C)c1=O. The Morgan fingerprint density at radius 3 is 2.82 bits per heavy atom. The van der Waals surface area contributed by atoms with Crippen LogP contribution in [0.5, 0.6) is 0 Å². The number of anilines is 1. The number of hydrogen-bond donors (Lipinski definition) is 1. The Morgan fingerprint density at radius 1 is 1.53 bits per heavy atom. The topological polar surface area (TPSA) is 46.9 Å². The zero-order chi connectivity index (χ0) is 12.9. The normalized spacial score (nSPS) is 10.9. The molecule has 0 aliphatic rings. The second kappa shape index (κ2) is 5.53. The summed E-state index contributed by atoms with van der Waals surface area (Å²) in [5.41, 5.74) is -0.337. The molecule has 0 aliphatic carbocycles. The first kappa shape index (κ1) is 13.3. The molecule has 0 amide bonds. The summed E-state index contributed by atoms with van der Waals surface area (Å²) in [6.45, 7) is 6.62. The van der Waals surface area contributed by atoms with E-state index in [4.69, 9.17) is 6.42 Å². The van der Waals surface area contributed by atoms with E-state index >= 15 is 0 Å². The van der Waals surface area contributed by atoms with Crippen molar-refractivity contribution in [3.05, 3.63) is 22.7 Å². The van der Waals surface area contributed by atoms with Crippen molar-refractivity contribution in [2.75, 3.05) is 11.9 Å². The molecule has 0 aliphatic heterocycles. The third kappa shape index (κ3) is 3.63. The van der Waals surface area contributed by atoms with Crippen molar-refractivity contribution in [2.24, 2.45) is 0 Å². The Hall–Kier alpha value is -1.76.